The summed E-state index contributed by atoms with van der Waals surface area (Å²) in [5.41, 5.74) is 1.50. The Hall–Kier alpha value is -3.75. The first-order chi connectivity index (χ1) is 14.1. The van der Waals surface area contributed by atoms with E-state index in [0.717, 1.165) is 0 Å². The van der Waals surface area contributed by atoms with Crippen molar-refractivity contribution in [2.45, 2.75) is 32.9 Å². The molecule has 0 aliphatic heterocycles. The SMILES string of the molecule is CC(C)(C)OC(=O)Nc1cc(-c2c(-c3ccc(F)cc3)ncn2CC(=O)O)ccn1. The lowest BCUT2D eigenvalue weighted by molar-refractivity contribution is -0.137. The lowest BCUT2D eigenvalue weighted by atomic mass is 10.1. The highest BCUT2D eigenvalue weighted by atomic mass is 19.1. The normalized spacial score (nSPS) is 11.2. The summed E-state index contributed by atoms with van der Waals surface area (Å²) >= 11 is 0. The minimum Gasteiger partial charge on any atom is -0.480 e. The predicted octanol–water partition coefficient (Wildman–Crippen LogP) is 4.18. The van der Waals surface area contributed by atoms with Crippen molar-refractivity contribution in [3.63, 3.8) is 0 Å². The Labute approximate surface area is 172 Å². The van der Waals surface area contributed by atoms with Gasteiger partial charge in [-0.2, -0.15) is 0 Å². The van der Waals surface area contributed by atoms with Crippen LogP contribution in [0.5, 0.6) is 0 Å². The topological polar surface area (TPSA) is 106 Å². The minimum absolute atomic E-state index is 0.231. The van der Waals surface area contributed by atoms with Crippen LogP contribution in [-0.2, 0) is 16.1 Å². The zero-order valence-electron chi connectivity index (χ0n) is 16.7. The number of benzene rings is 1. The van der Waals surface area contributed by atoms with Crippen LogP contribution >= 0.6 is 0 Å². The number of carboxylic acid groups (broad SMARTS) is 1. The number of carbonyl (C=O) groups excluding carboxylic acids is 1. The third-order valence-electron chi connectivity index (χ3n) is 3.92. The molecule has 156 valence electrons. The molecule has 0 bridgehead atoms. The largest absolute Gasteiger partial charge is 0.480 e. The fourth-order valence-electron chi connectivity index (χ4n) is 2.82. The Balaban J connectivity index is 2.01. The highest BCUT2D eigenvalue weighted by molar-refractivity contribution is 5.86. The van der Waals surface area contributed by atoms with E-state index in [-0.39, 0.29) is 12.4 Å². The van der Waals surface area contributed by atoms with Crippen LogP contribution in [0.3, 0.4) is 0 Å². The summed E-state index contributed by atoms with van der Waals surface area (Å²) in [4.78, 5) is 31.8. The molecule has 3 rings (SSSR count). The van der Waals surface area contributed by atoms with Gasteiger partial charge < -0.3 is 14.4 Å². The number of imidazole rings is 1. The van der Waals surface area contributed by atoms with Gasteiger partial charge in [-0.25, -0.2) is 19.2 Å². The number of carboxylic acids is 1. The van der Waals surface area contributed by atoms with Gasteiger partial charge in [0, 0.05) is 17.3 Å². The lowest BCUT2D eigenvalue weighted by Crippen LogP contribution is -2.27. The van der Waals surface area contributed by atoms with Gasteiger partial charge in [0.15, 0.2) is 0 Å². The van der Waals surface area contributed by atoms with Crippen LogP contribution in [0.2, 0.25) is 0 Å². The molecule has 0 fully saturated rings. The van der Waals surface area contributed by atoms with Crippen LogP contribution in [0.15, 0.2) is 48.9 Å². The maximum atomic E-state index is 13.3. The number of anilines is 1. The summed E-state index contributed by atoms with van der Waals surface area (Å²) in [6.07, 6.45) is 2.22. The van der Waals surface area contributed by atoms with Crippen molar-refractivity contribution in [2.24, 2.45) is 0 Å². The molecule has 0 unspecified atom stereocenters. The van der Waals surface area contributed by atoms with E-state index in [2.05, 4.69) is 15.3 Å². The Kier molecular flexibility index (Phi) is 5.81. The number of aliphatic carboxylic acids is 1. The maximum absolute atomic E-state index is 13.3. The van der Waals surface area contributed by atoms with Gasteiger partial charge in [0.25, 0.3) is 0 Å². The molecule has 1 aromatic carbocycles. The van der Waals surface area contributed by atoms with Crippen molar-refractivity contribution in [3.05, 3.63) is 54.7 Å². The third kappa shape index (κ3) is 5.19. The fraction of sp³-hybridized carbons (Fsp3) is 0.238. The van der Waals surface area contributed by atoms with Gasteiger partial charge >= 0.3 is 12.1 Å². The van der Waals surface area contributed by atoms with Gasteiger partial charge in [-0.15, -0.1) is 0 Å². The molecule has 0 atom stereocenters. The molecule has 3 aromatic rings. The van der Waals surface area contributed by atoms with Crippen LogP contribution in [0.1, 0.15) is 20.8 Å². The summed E-state index contributed by atoms with van der Waals surface area (Å²) in [5, 5.41) is 11.8. The van der Waals surface area contributed by atoms with Gasteiger partial charge in [-0.3, -0.25) is 10.1 Å². The van der Waals surface area contributed by atoms with Crippen molar-refractivity contribution in [1.29, 1.82) is 0 Å². The van der Waals surface area contributed by atoms with Crippen molar-refractivity contribution >= 4 is 17.9 Å². The molecule has 2 N–H and O–H groups in total. The van der Waals surface area contributed by atoms with E-state index in [9.17, 15) is 19.1 Å². The molecule has 2 aromatic heterocycles. The first kappa shape index (κ1) is 21.0. The summed E-state index contributed by atoms with van der Waals surface area (Å²) in [6, 6.07) is 8.99. The van der Waals surface area contributed by atoms with Crippen LogP contribution in [-0.4, -0.2) is 37.3 Å². The number of amides is 1. The van der Waals surface area contributed by atoms with Gasteiger partial charge in [-0.1, -0.05) is 0 Å². The van der Waals surface area contributed by atoms with Gasteiger partial charge in [0.2, 0.25) is 0 Å². The highest BCUT2D eigenvalue weighted by Gasteiger charge is 2.19. The van der Waals surface area contributed by atoms with E-state index in [1.54, 1.807) is 45.0 Å². The van der Waals surface area contributed by atoms with Crippen molar-refractivity contribution in [3.8, 4) is 22.5 Å². The average Bonchev–Trinajstić information content (AvgIpc) is 3.03. The van der Waals surface area contributed by atoms with Gasteiger partial charge in [-0.05, 0) is 57.2 Å². The number of rotatable bonds is 5. The van der Waals surface area contributed by atoms with Crippen LogP contribution in [0, 0.1) is 5.82 Å². The van der Waals surface area contributed by atoms with E-state index in [1.807, 2.05) is 0 Å². The van der Waals surface area contributed by atoms with E-state index >= 15 is 0 Å². The summed E-state index contributed by atoms with van der Waals surface area (Å²) in [7, 11) is 0. The first-order valence-electron chi connectivity index (χ1n) is 9.12. The van der Waals surface area contributed by atoms with Crippen LogP contribution < -0.4 is 5.32 Å². The smallest absolute Gasteiger partial charge is 0.413 e. The molecule has 30 heavy (non-hydrogen) atoms. The highest BCUT2D eigenvalue weighted by Crippen LogP contribution is 2.32. The molecular formula is C21H21FN4O4. The quantitative estimate of drug-likeness (QED) is 0.651. The van der Waals surface area contributed by atoms with E-state index in [1.165, 1.54) is 29.2 Å². The second-order valence-corrected chi connectivity index (χ2v) is 7.53. The summed E-state index contributed by atoms with van der Waals surface area (Å²) in [5.74, 6) is -1.20. The zero-order valence-corrected chi connectivity index (χ0v) is 16.7. The maximum Gasteiger partial charge on any atom is 0.413 e. The summed E-state index contributed by atoms with van der Waals surface area (Å²) < 4.78 is 20.0. The van der Waals surface area contributed by atoms with Crippen LogP contribution in [0.4, 0.5) is 15.0 Å². The Morgan fingerprint density at radius 3 is 2.47 bits per heavy atom. The van der Waals surface area contributed by atoms with Gasteiger partial charge in [0.1, 0.15) is 23.8 Å². The molecule has 0 spiro atoms. The number of ether oxygens (including phenoxy) is 1. The summed E-state index contributed by atoms with van der Waals surface area (Å²) in [6.45, 7) is 4.92. The van der Waals surface area contributed by atoms with Crippen LogP contribution in [0.25, 0.3) is 22.5 Å². The molecule has 0 aliphatic carbocycles. The number of aromatic nitrogens is 3. The number of carbonyl (C=O) groups is 2. The molecule has 2 heterocycles. The van der Waals surface area contributed by atoms with Crippen molar-refractivity contribution in [1.82, 2.24) is 14.5 Å². The molecule has 8 nitrogen and oxygen atoms in total. The number of nitrogens with one attached hydrogen (secondary N) is 1. The van der Waals surface area contributed by atoms with E-state index in [0.29, 0.717) is 22.5 Å². The number of hydrogen-bond acceptors (Lipinski definition) is 5. The molecule has 0 radical (unpaired) electrons. The molecule has 0 saturated carbocycles. The molecule has 0 saturated heterocycles. The minimum atomic E-state index is -1.04. The third-order valence-corrected chi connectivity index (χ3v) is 3.92. The molecular weight excluding hydrogens is 391 g/mol. The number of halogens is 1. The number of hydrogen-bond donors (Lipinski definition) is 2. The molecule has 9 heteroatoms. The van der Waals surface area contributed by atoms with Gasteiger partial charge in [0.05, 0.1) is 17.7 Å². The Morgan fingerprint density at radius 2 is 1.83 bits per heavy atom. The predicted molar refractivity (Wildman–Crippen MR) is 108 cm³/mol. The zero-order chi connectivity index (χ0) is 21.9. The molecule has 0 aliphatic rings. The Bertz CT molecular complexity index is 1070. The molecule has 1 amide bonds. The van der Waals surface area contributed by atoms with E-state index in [4.69, 9.17) is 4.74 Å². The van der Waals surface area contributed by atoms with E-state index < -0.39 is 23.5 Å². The monoisotopic (exact) mass is 412 g/mol. The van der Waals surface area contributed by atoms with Crippen molar-refractivity contribution in [2.75, 3.05) is 5.32 Å². The lowest BCUT2D eigenvalue weighted by Gasteiger charge is -2.19. The Morgan fingerprint density at radius 1 is 1.13 bits per heavy atom. The fourth-order valence-corrected chi connectivity index (χ4v) is 2.82. The average molecular weight is 412 g/mol. The second-order valence-electron chi connectivity index (χ2n) is 7.53. The number of pyridine rings is 1. The first-order valence-corrected chi connectivity index (χ1v) is 9.12. The standard InChI is InChI=1S/C21H21FN4O4/c1-21(2,3)30-20(29)25-16-10-14(8-9-23-16)19-18(13-4-6-15(22)7-5-13)24-12-26(19)11-17(27)28/h4-10,12H,11H2,1-3H3,(H,27,28)(H,23,25,29). The second kappa shape index (κ2) is 8.32. The van der Waals surface area contributed by atoms with Crippen molar-refractivity contribution < 1.29 is 23.8 Å². The number of nitrogens with zero attached hydrogens (tertiary/aromatic N) is 3.